The summed E-state index contributed by atoms with van der Waals surface area (Å²) in [5, 5.41) is 5.28. The van der Waals surface area contributed by atoms with E-state index >= 15 is 0 Å². The van der Waals surface area contributed by atoms with Crippen LogP contribution in [0.4, 0.5) is 5.69 Å². The van der Waals surface area contributed by atoms with Crippen LogP contribution < -0.4 is 10.9 Å². The van der Waals surface area contributed by atoms with Crippen molar-refractivity contribution < 1.29 is 4.79 Å². The van der Waals surface area contributed by atoms with E-state index in [-0.39, 0.29) is 11.5 Å². The molecule has 20 heavy (non-hydrogen) atoms. The molecule has 1 aromatic heterocycles. The molecule has 0 aliphatic rings. The van der Waals surface area contributed by atoms with Crippen molar-refractivity contribution in [2.75, 3.05) is 9.74 Å². The van der Waals surface area contributed by atoms with Crippen LogP contribution in [0.15, 0.2) is 47.3 Å². The summed E-state index contributed by atoms with van der Waals surface area (Å²) in [5.41, 5.74) is 1.40. The van der Waals surface area contributed by atoms with Gasteiger partial charge in [0.1, 0.15) is 0 Å². The lowest BCUT2D eigenvalue weighted by Gasteiger charge is -2.07. The summed E-state index contributed by atoms with van der Waals surface area (Å²) < 4.78 is 0.405. The molecule has 0 bridgehead atoms. The van der Waals surface area contributed by atoms with Crippen LogP contribution in [0.1, 0.15) is 0 Å². The number of nitrogens with one attached hydrogen (secondary N) is 2. The Hall–Kier alpha value is -1.89. The maximum absolute atomic E-state index is 12.0. The van der Waals surface area contributed by atoms with E-state index < -0.39 is 0 Å². The van der Waals surface area contributed by atoms with Crippen molar-refractivity contribution in [2.24, 2.45) is 0 Å². The van der Waals surface area contributed by atoms with Gasteiger partial charge in [-0.3, -0.25) is 9.59 Å². The van der Waals surface area contributed by atoms with E-state index in [4.69, 9.17) is 0 Å². The molecule has 3 aromatic rings. The Labute approximate surface area is 128 Å². The van der Waals surface area contributed by atoms with Gasteiger partial charge in [-0.1, -0.05) is 40.8 Å². The molecule has 2 aromatic carbocycles. The number of fused-ring (bicyclic) bond motifs is 3. The molecule has 100 valence electrons. The van der Waals surface area contributed by atoms with Gasteiger partial charge in [-0.15, -0.1) is 0 Å². The molecule has 5 heteroatoms. The first-order valence-corrected chi connectivity index (χ1v) is 7.62. The molecule has 0 spiro atoms. The Morgan fingerprint density at radius 1 is 1.10 bits per heavy atom. The number of hydrogen-bond donors (Lipinski definition) is 2. The summed E-state index contributed by atoms with van der Waals surface area (Å²) in [6.45, 7) is 0. The van der Waals surface area contributed by atoms with Crippen LogP contribution in [0, 0.1) is 0 Å². The Bertz CT molecular complexity index is 871. The molecule has 0 fully saturated rings. The van der Waals surface area contributed by atoms with Gasteiger partial charge >= 0.3 is 0 Å². The van der Waals surface area contributed by atoms with E-state index in [0.29, 0.717) is 9.81 Å². The zero-order valence-electron chi connectivity index (χ0n) is 10.4. The Kier molecular flexibility index (Phi) is 3.43. The highest BCUT2D eigenvalue weighted by molar-refractivity contribution is 14.1. The minimum atomic E-state index is -0.0999. The first-order valence-electron chi connectivity index (χ1n) is 6.09. The van der Waals surface area contributed by atoms with Gasteiger partial charge in [0.2, 0.25) is 5.91 Å². The van der Waals surface area contributed by atoms with Crippen molar-refractivity contribution in [3.05, 3.63) is 52.8 Å². The highest BCUT2D eigenvalue weighted by atomic mass is 127. The van der Waals surface area contributed by atoms with Gasteiger partial charge in [0.15, 0.2) is 0 Å². The highest BCUT2D eigenvalue weighted by Crippen LogP contribution is 2.24. The fraction of sp³-hybridized carbons (Fsp3) is 0.0667. The van der Waals surface area contributed by atoms with Crippen LogP contribution in [0.25, 0.3) is 21.7 Å². The standard InChI is InChI=1S/C15H11IN2O2/c16-8-14(19)17-9-5-6-13-12(7-9)10-3-1-2-4-11(10)15(20)18-13/h1-7H,8H2,(H,17,19)(H,18,20). The van der Waals surface area contributed by atoms with Crippen molar-refractivity contribution in [3.63, 3.8) is 0 Å². The number of amides is 1. The quantitative estimate of drug-likeness (QED) is 0.409. The molecule has 2 N–H and O–H groups in total. The first kappa shape index (κ1) is 13.1. The summed E-state index contributed by atoms with van der Waals surface area (Å²) in [7, 11) is 0. The second-order valence-electron chi connectivity index (χ2n) is 4.44. The minimum Gasteiger partial charge on any atom is -0.325 e. The van der Waals surface area contributed by atoms with E-state index in [9.17, 15) is 9.59 Å². The molecule has 1 amide bonds. The average Bonchev–Trinajstić information content (AvgIpc) is 2.48. The van der Waals surface area contributed by atoms with Crippen LogP contribution in [0.5, 0.6) is 0 Å². The summed E-state index contributed by atoms with van der Waals surface area (Å²) >= 11 is 2.02. The summed E-state index contributed by atoms with van der Waals surface area (Å²) in [4.78, 5) is 26.3. The zero-order chi connectivity index (χ0) is 14.1. The van der Waals surface area contributed by atoms with Crippen molar-refractivity contribution in [2.45, 2.75) is 0 Å². The van der Waals surface area contributed by atoms with Crippen molar-refractivity contribution >= 4 is 55.9 Å². The van der Waals surface area contributed by atoms with Crippen molar-refractivity contribution in [1.29, 1.82) is 0 Å². The number of aromatic nitrogens is 1. The van der Waals surface area contributed by atoms with Gasteiger partial charge in [-0.05, 0) is 29.7 Å². The fourth-order valence-corrected chi connectivity index (χ4v) is 2.44. The predicted molar refractivity (Wildman–Crippen MR) is 89.6 cm³/mol. The third-order valence-corrected chi connectivity index (χ3v) is 3.83. The lowest BCUT2D eigenvalue weighted by molar-refractivity contribution is -0.113. The van der Waals surface area contributed by atoms with Gasteiger partial charge < -0.3 is 10.3 Å². The lowest BCUT2D eigenvalue weighted by atomic mass is 10.1. The third-order valence-electron chi connectivity index (χ3n) is 3.13. The number of alkyl halides is 1. The number of carbonyl (C=O) groups is 1. The Balaban J connectivity index is 2.27. The normalized spacial score (nSPS) is 10.8. The van der Waals surface area contributed by atoms with Gasteiger partial charge in [-0.2, -0.15) is 0 Å². The van der Waals surface area contributed by atoms with Crippen LogP contribution in [-0.4, -0.2) is 15.3 Å². The summed E-state index contributed by atoms with van der Waals surface area (Å²) in [6.07, 6.45) is 0. The van der Waals surface area contributed by atoms with Crippen LogP contribution in [0.2, 0.25) is 0 Å². The molecular formula is C15H11IN2O2. The minimum absolute atomic E-state index is 0.0429. The number of benzene rings is 2. The summed E-state index contributed by atoms with van der Waals surface area (Å²) in [5.74, 6) is -0.0429. The van der Waals surface area contributed by atoms with Crippen molar-refractivity contribution in [1.82, 2.24) is 4.98 Å². The van der Waals surface area contributed by atoms with Gasteiger partial charge in [0.05, 0.1) is 4.43 Å². The predicted octanol–water partition coefficient (Wildman–Crippen LogP) is 3.05. The van der Waals surface area contributed by atoms with E-state index in [1.54, 1.807) is 12.1 Å². The second kappa shape index (κ2) is 5.24. The molecule has 0 aliphatic heterocycles. The van der Waals surface area contributed by atoms with Crippen LogP contribution in [0.3, 0.4) is 0 Å². The number of H-pyrrole nitrogens is 1. The first-order chi connectivity index (χ1) is 9.69. The second-order valence-corrected chi connectivity index (χ2v) is 5.20. The molecule has 0 aliphatic carbocycles. The molecular weight excluding hydrogens is 367 g/mol. The number of aromatic amines is 1. The van der Waals surface area contributed by atoms with E-state index in [2.05, 4.69) is 10.3 Å². The van der Waals surface area contributed by atoms with Gasteiger partial charge in [0, 0.05) is 22.0 Å². The molecule has 4 nitrogen and oxygen atoms in total. The molecule has 0 saturated heterocycles. The Morgan fingerprint density at radius 3 is 2.60 bits per heavy atom. The molecule has 0 atom stereocenters. The number of halogens is 1. The van der Waals surface area contributed by atoms with E-state index in [1.165, 1.54) is 0 Å². The van der Waals surface area contributed by atoms with E-state index in [0.717, 1.165) is 22.0 Å². The smallest absolute Gasteiger partial charge is 0.256 e. The highest BCUT2D eigenvalue weighted by Gasteiger charge is 2.06. The summed E-state index contributed by atoms with van der Waals surface area (Å²) in [6, 6.07) is 12.9. The van der Waals surface area contributed by atoms with E-state index in [1.807, 2.05) is 52.9 Å². The SMILES string of the molecule is O=C(CI)Nc1ccc2[nH]c(=O)c3ccccc3c2c1. The monoisotopic (exact) mass is 378 g/mol. The zero-order valence-corrected chi connectivity index (χ0v) is 12.6. The number of pyridine rings is 1. The maximum atomic E-state index is 12.0. The van der Waals surface area contributed by atoms with Crippen LogP contribution >= 0.6 is 22.6 Å². The topological polar surface area (TPSA) is 62.0 Å². The molecule has 1 heterocycles. The van der Waals surface area contributed by atoms with Gasteiger partial charge in [0.25, 0.3) is 5.56 Å². The number of anilines is 1. The molecule has 0 radical (unpaired) electrons. The third kappa shape index (κ3) is 2.29. The number of carbonyl (C=O) groups excluding carboxylic acids is 1. The Morgan fingerprint density at radius 2 is 1.85 bits per heavy atom. The average molecular weight is 378 g/mol. The largest absolute Gasteiger partial charge is 0.325 e. The van der Waals surface area contributed by atoms with Crippen LogP contribution in [-0.2, 0) is 4.79 Å². The number of rotatable bonds is 2. The molecule has 0 saturated carbocycles. The number of hydrogen-bond acceptors (Lipinski definition) is 2. The van der Waals surface area contributed by atoms with Crippen molar-refractivity contribution in [3.8, 4) is 0 Å². The van der Waals surface area contributed by atoms with Gasteiger partial charge in [-0.25, -0.2) is 0 Å². The fourth-order valence-electron chi connectivity index (χ4n) is 2.25. The molecule has 3 rings (SSSR count). The maximum Gasteiger partial charge on any atom is 0.256 e. The lowest BCUT2D eigenvalue weighted by Crippen LogP contribution is -2.12. The molecule has 0 unspecified atom stereocenters.